The van der Waals surface area contributed by atoms with Gasteiger partial charge in [0.2, 0.25) is 0 Å². The standard InChI is InChI=1S/C55H47NS/c1-4-39-49(32-38-13-11-18-47-52(38)53(39)43-16-7-9-17-46(43)55(47,2)3)56-48-28-25-36(30-44(48)42-27-24-35-12-5-6-14-40(35)54(42)56)33-20-22-34(23-21-33)37-26-29-51-45(31-37)41-15-8-10-19-50(41)57-51/h5-10,12,14-16,18-24,26-27,29-31,38,46H,4,11,13,17,25,28,32H2,1-3H3. The van der Waals surface area contributed by atoms with Crippen LogP contribution in [-0.2, 0) is 6.42 Å². The second-order valence-electron chi connectivity index (χ2n) is 17.7. The average molecular weight is 754 g/mol. The molecule has 2 atom stereocenters. The highest BCUT2D eigenvalue weighted by Crippen LogP contribution is 2.61. The molecule has 5 aromatic carbocycles. The third-order valence-electron chi connectivity index (χ3n) is 14.5. The number of thiophene rings is 1. The van der Waals surface area contributed by atoms with Crippen LogP contribution in [0.3, 0.4) is 0 Å². The van der Waals surface area contributed by atoms with E-state index in [1.165, 1.54) is 88.2 Å². The van der Waals surface area contributed by atoms with Crippen molar-refractivity contribution in [1.29, 1.82) is 0 Å². The summed E-state index contributed by atoms with van der Waals surface area (Å²) in [6.45, 7) is 7.47. The third kappa shape index (κ3) is 4.86. The fourth-order valence-electron chi connectivity index (χ4n) is 11.8. The van der Waals surface area contributed by atoms with Gasteiger partial charge in [-0.15, -0.1) is 11.3 Å². The van der Waals surface area contributed by atoms with E-state index in [1.54, 1.807) is 33.6 Å². The summed E-state index contributed by atoms with van der Waals surface area (Å²) in [5, 5.41) is 6.80. The first-order valence-electron chi connectivity index (χ1n) is 21.3. The molecule has 0 saturated carbocycles. The first-order valence-corrected chi connectivity index (χ1v) is 22.1. The topological polar surface area (TPSA) is 4.93 Å². The van der Waals surface area contributed by atoms with E-state index >= 15 is 0 Å². The second-order valence-corrected chi connectivity index (χ2v) is 18.7. The molecule has 7 aromatic rings. The number of nitrogens with zero attached hydrogens (tertiary/aromatic N) is 1. The molecule has 0 fully saturated rings. The van der Waals surface area contributed by atoms with Crippen LogP contribution in [-0.4, -0.2) is 4.57 Å². The molecule has 5 aliphatic rings. The van der Waals surface area contributed by atoms with Crippen molar-refractivity contribution in [3.63, 3.8) is 0 Å². The summed E-state index contributed by atoms with van der Waals surface area (Å²) in [4.78, 5) is 0. The molecule has 278 valence electrons. The van der Waals surface area contributed by atoms with Gasteiger partial charge in [-0.3, -0.25) is 0 Å². The molecule has 0 amide bonds. The molecular weight excluding hydrogens is 707 g/mol. The molecule has 0 radical (unpaired) electrons. The molecule has 2 heterocycles. The van der Waals surface area contributed by atoms with Gasteiger partial charge in [0.25, 0.3) is 0 Å². The first kappa shape index (κ1) is 33.7. The minimum atomic E-state index is 0.159. The van der Waals surface area contributed by atoms with Crippen LogP contribution in [0, 0.1) is 17.3 Å². The Balaban J connectivity index is 1.02. The van der Waals surface area contributed by atoms with Crippen molar-refractivity contribution < 1.29 is 0 Å². The van der Waals surface area contributed by atoms with Crippen LogP contribution >= 0.6 is 11.3 Å². The summed E-state index contributed by atoms with van der Waals surface area (Å²) < 4.78 is 5.52. The fourth-order valence-corrected chi connectivity index (χ4v) is 12.8. The third-order valence-corrected chi connectivity index (χ3v) is 15.6. The number of fused-ring (bicyclic) bond motifs is 10. The summed E-state index contributed by atoms with van der Waals surface area (Å²) in [5.74, 6) is 1.09. The second kappa shape index (κ2) is 12.5. The Kier molecular flexibility index (Phi) is 7.40. The molecule has 5 aliphatic carbocycles. The fraction of sp³-hybridized carbons (Fsp3) is 0.236. The lowest BCUT2D eigenvalue weighted by atomic mass is 9.53. The number of hydrogen-bond donors (Lipinski definition) is 0. The van der Waals surface area contributed by atoms with Gasteiger partial charge in [0.15, 0.2) is 0 Å². The van der Waals surface area contributed by atoms with Gasteiger partial charge < -0.3 is 4.57 Å². The molecular formula is C55H47NS. The Labute approximate surface area is 339 Å². The van der Waals surface area contributed by atoms with E-state index in [2.05, 4.69) is 159 Å². The molecule has 0 N–H and O–H groups in total. The van der Waals surface area contributed by atoms with Crippen molar-refractivity contribution in [2.75, 3.05) is 0 Å². The lowest BCUT2D eigenvalue weighted by Crippen LogP contribution is -2.39. The van der Waals surface area contributed by atoms with E-state index in [4.69, 9.17) is 0 Å². The van der Waals surface area contributed by atoms with E-state index in [0.717, 1.165) is 32.1 Å². The summed E-state index contributed by atoms with van der Waals surface area (Å²) in [6, 6.07) is 39.1. The Morgan fingerprint density at radius 3 is 2.44 bits per heavy atom. The molecule has 0 saturated heterocycles. The summed E-state index contributed by atoms with van der Waals surface area (Å²) in [5.41, 5.74) is 19.5. The van der Waals surface area contributed by atoms with E-state index in [1.807, 2.05) is 11.3 Å². The number of hydrogen-bond acceptors (Lipinski definition) is 1. The van der Waals surface area contributed by atoms with Gasteiger partial charge in [0, 0.05) is 47.9 Å². The van der Waals surface area contributed by atoms with Gasteiger partial charge in [0.1, 0.15) is 0 Å². The molecule has 57 heavy (non-hydrogen) atoms. The lowest BCUT2D eigenvalue weighted by Gasteiger charge is -2.51. The maximum absolute atomic E-state index is 2.81. The van der Waals surface area contributed by atoms with Gasteiger partial charge in [-0.25, -0.2) is 0 Å². The molecule has 0 aliphatic heterocycles. The van der Waals surface area contributed by atoms with Crippen molar-refractivity contribution in [3.8, 4) is 11.1 Å². The minimum Gasteiger partial charge on any atom is -0.316 e. The Morgan fingerprint density at radius 2 is 1.56 bits per heavy atom. The van der Waals surface area contributed by atoms with E-state index < -0.39 is 0 Å². The Morgan fingerprint density at radius 1 is 0.772 bits per heavy atom. The zero-order valence-corrected chi connectivity index (χ0v) is 34.0. The van der Waals surface area contributed by atoms with Crippen LogP contribution < -0.4 is 0 Å². The van der Waals surface area contributed by atoms with Gasteiger partial charge in [0.05, 0.1) is 5.52 Å². The SMILES string of the molecule is CCC1=C(n2c3c(c4ccc5ccccc5c42)C=C(c2ccc(-c4ccc5sc6ccccc6c5c4)cc2)CC3)CC2CCC=C3C2=C1C1=CC=CCC1C3(C)C. The summed E-state index contributed by atoms with van der Waals surface area (Å²) >= 11 is 1.89. The van der Waals surface area contributed by atoms with Crippen LogP contribution in [0.25, 0.3) is 70.3 Å². The summed E-state index contributed by atoms with van der Waals surface area (Å²) in [6.07, 6.45) is 20.2. The number of aromatic nitrogens is 1. The van der Waals surface area contributed by atoms with E-state index in [0.29, 0.717) is 11.8 Å². The van der Waals surface area contributed by atoms with Crippen molar-refractivity contribution in [2.24, 2.45) is 17.3 Å². The van der Waals surface area contributed by atoms with Crippen LogP contribution in [0.5, 0.6) is 0 Å². The molecule has 12 rings (SSSR count). The molecule has 0 bridgehead atoms. The Hall–Kier alpha value is -5.44. The average Bonchev–Trinajstić information content (AvgIpc) is 3.80. The smallest absolute Gasteiger partial charge is 0.0613 e. The van der Waals surface area contributed by atoms with Crippen molar-refractivity contribution in [1.82, 2.24) is 4.57 Å². The highest BCUT2D eigenvalue weighted by atomic mass is 32.1. The first-order chi connectivity index (χ1) is 28.0. The molecule has 2 heteroatoms. The minimum absolute atomic E-state index is 0.159. The normalized spacial score (nSPS) is 21.1. The highest BCUT2D eigenvalue weighted by Gasteiger charge is 2.48. The van der Waals surface area contributed by atoms with Crippen molar-refractivity contribution >= 4 is 70.5 Å². The van der Waals surface area contributed by atoms with Crippen LogP contribution in [0.1, 0.15) is 76.1 Å². The molecule has 2 unspecified atom stereocenters. The zero-order chi connectivity index (χ0) is 38.0. The monoisotopic (exact) mass is 753 g/mol. The number of rotatable bonds is 4. The molecule has 1 nitrogen and oxygen atoms in total. The van der Waals surface area contributed by atoms with Gasteiger partial charge in [-0.2, -0.15) is 0 Å². The van der Waals surface area contributed by atoms with E-state index in [9.17, 15) is 0 Å². The van der Waals surface area contributed by atoms with Crippen LogP contribution in [0.2, 0.25) is 0 Å². The van der Waals surface area contributed by atoms with Gasteiger partial charge >= 0.3 is 0 Å². The molecule has 0 spiro atoms. The van der Waals surface area contributed by atoms with Gasteiger partial charge in [-0.05, 0) is 142 Å². The van der Waals surface area contributed by atoms with Crippen molar-refractivity contribution in [2.45, 2.75) is 65.7 Å². The van der Waals surface area contributed by atoms with Crippen LogP contribution in [0.4, 0.5) is 0 Å². The van der Waals surface area contributed by atoms with E-state index in [-0.39, 0.29) is 5.41 Å². The predicted octanol–water partition coefficient (Wildman–Crippen LogP) is 15.5. The Bertz CT molecular complexity index is 3070. The lowest BCUT2D eigenvalue weighted by molar-refractivity contribution is 0.286. The number of allylic oxidation sites excluding steroid dienone is 11. The zero-order valence-electron chi connectivity index (χ0n) is 33.2. The maximum Gasteiger partial charge on any atom is 0.0613 e. The van der Waals surface area contributed by atoms with Crippen molar-refractivity contribution in [3.05, 3.63) is 172 Å². The van der Waals surface area contributed by atoms with Gasteiger partial charge in [-0.1, -0.05) is 130 Å². The molecule has 2 aromatic heterocycles. The highest BCUT2D eigenvalue weighted by molar-refractivity contribution is 7.25. The van der Waals surface area contributed by atoms with Crippen LogP contribution in [0.15, 0.2) is 155 Å². The maximum atomic E-state index is 2.81. The predicted molar refractivity (Wildman–Crippen MR) is 245 cm³/mol. The summed E-state index contributed by atoms with van der Waals surface area (Å²) in [7, 11) is 0. The number of benzene rings is 5. The quantitative estimate of drug-likeness (QED) is 0.169. The largest absolute Gasteiger partial charge is 0.316 e.